The van der Waals surface area contributed by atoms with Crippen molar-refractivity contribution in [2.45, 2.75) is 12.5 Å². The molecule has 1 aliphatic rings. The van der Waals surface area contributed by atoms with E-state index in [4.69, 9.17) is 5.11 Å². The van der Waals surface area contributed by atoms with E-state index in [1.165, 1.54) is 24.3 Å². The third kappa shape index (κ3) is 2.85. The summed E-state index contributed by atoms with van der Waals surface area (Å²) in [6.45, 7) is 0. The molecule has 5 heteroatoms. The normalized spacial score (nSPS) is 20.0. The van der Waals surface area contributed by atoms with Crippen LogP contribution in [-0.2, 0) is 4.79 Å². The Labute approximate surface area is 80.2 Å². The third-order valence-electron chi connectivity index (χ3n) is 1.72. The molecule has 0 heterocycles. The van der Waals surface area contributed by atoms with Crippen molar-refractivity contribution in [2.24, 2.45) is 0 Å². The molecule has 0 aliphatic heterocycles. The van der Waals surface area contributed by atoms with Crippen LogP contribution in [0.4, 0.5) is 0 Å². The first-order chi connectivity index (χ1) is 6.59. The molecule has 1 atom stereocenters. The molecule has 74 valence electrons. The fourth-order valence-electron chi connectivity index (χ4n) is 1.07. The Morgan fingerprint density at radius 1 is 1.57 bits per heavy atom. The van der Waals surface area contributed by atoms with Crippen LogP contribution in [0.2, 0.25) is 0 Å². The van der Waals surface area contributed by atoms with Gasteiger partial charge >= 0.3 is 5.97 Å². The van der Waals surface area contributed by atoms with Gasteiger partial charge in [-0.3, -0.25) is 14.9 Å². The van der Waals surface area contributed by atoms with Crippen molar-refractivity contribution in [1.82, 2.24) is 0 Å². The monoisotopic (exact) mass is 195 g/mol. The lowest BCUT2D eigenvalue weighted by molar-refractivity contribution is -0.496. The fourth-order valence-corrected chi connectivity index (χ4v) is 1.07. The highest BCUT2D eigenvalue weighted by atomic mass is 16.6. The van der Waals surface area contributed by atoms with E-state index in [0.717, 1.165) is 0 Å². The number of hydrogen-bond donors (Lipinski definition) is 1. The van der Waals surface area contributed by atoms with Gasteiger partial charge in [0.05, 0.1) is 6.42 Å². The smallest absolute Gasteiger partial charge is 0.307 e. The topological polar surface area (TPSA) is 80.4 Å². The van der Waals surface area contributed by atoms with Crippen molar-refractivity contribution in [3.63, 3.8) is 0 Å². The van der Waals surface area contributed by atoms with Gasteiger partial charge in [-0.15, -0.1) is 0 Å². The second-order valence-corrected chi connectivity index (χ2v) is 2.83. The summed E-state index contributed by atoms with van der Waals surface area (Å²) in [5.74, 6) is -0.950. The van der Waals surface area contributed by atoms with Crippen LogP contribution in [0.1, 0.15) is 6.42 Å². The molecule has 0 aromatic heterocycles. The lowest BCUT2D eigenvalue weighted by atomic mass is 10.1. The summed E-state index contributed by atoms with van der Waals surface area (Å²) in [4.78, 5) is 20.3. The van der Waals surface area contributed by atoms with E-state index in [2.05, 4.69) is 0 Å². The van der Waals surface area contributed by atoms with Crippen LogP contribution in [0, 0.1) is 10.1 Å². The number of nitrogens with zero attached hydrogens (tertiary/aromatic N) is 1. The Hall–Kier alpha value is -1.91. The highest BCUT2D eigenvalue weighted by molar-refractivity contribution is 5.71. The zero-order valence-corrected chi connectivity index (χ0v) is 7.29. The fraction of sp³-hybridized carbons (Fsp3) is 0.222. The largest absolute Gasteiger partial charge is 0.481 e. The van der Waals surface area contributed by atoms with E-state index in [-0.39, 0.29) is 6.42 Å². The Morgan fingerprint density at radius 3 is 2.86 bits per heavy atom. The van der Waals surface area contributed by atoms with Crippen LogP contribution in [0.25, 0.3) is 0 Å². The summed E-state index contributed by atoms with van der Waals surface area (Å²) in [5.41, 5.74) is 0.554. The zero-order chi connectivity index (χ0) is 10.6. The molecule has 0 saturated heterocycles. The number of carbonyl (C=O) groups is 1. The molecule has 1 rings (SSSR count). The quantitative estimate of drug-likeness (QED) is 0.541. The molecule has 1 N–H and O–H groups in total. The van der Waals surface area contributed by atoms with Gasteiger partial charge in [0.1, 0.15) is 0 Å². The van der Waals surface area contributed by atoms with E-state index in [1.54, 1.807) is 6.08 Å². The van der Waals surface area contributed by atoms with E-state index in [1.807, 2.05) is 0 Å². The lowest BCUT2D eigenvalue weighted by Gasteiger charge is -1.96. The third-order valence-corrected chi connectivity index (χ3v) is 1.72. The molecule has 0 bridgehead atoms. The van der Waals surface area contributed by atoms with Crippen molar-refractivity contribution in [3.8, 4) is 0 Å². The number of allylic oxidation sites excluding steroid dienone is 3. The van der Waals surface area contributed by atoms with Crippen LogP contribution in [-0.4, -0.2) is 22.0 Å². The highest BCUT2D eigenvalue weighted by Gasteiger charge is 2.13. The molecule has 14 heavy (non-hydrogen) atoms. The van der Waals surface area contributed by atoms with Crippen LogP contribution in [0.15, 0.2) is 36.0 Å². The van der Waals surface area contributed by atoms with Crippen molar-refractivity contribution < 1.29 is 14.8 Å². The van der Waals surface area contributed by atoms with E-state index in [0.29, 0.717) is 5.57 Å². The van der Waals surface area contributed by atoms with Gasteiger partial charge in [-0.1, -0.05) is 18.2 Å². The number of rotatable bonds is 3. The minimum atomic E-state index is -0.950. The summed E-state index contributed by atoms with van der Waals surface area (Å²) in [6, 6.07) is -0.863. The molecule has 1 unspecified atom stereocenters. The molecule has 1 aliphatic carbocycles. The molecule has 0 saturated carbocycles. The van der Waals surface area contributed by atoms with Gasteiger partial charge in [0.25, 0.3) is 0 Å². The van der Waals surface area contributed by atoms with Crippen LogP contribution in [0.5, 0.6) is 0 Å². The van der Waals surface area contributed by atoms with Crippen molar-refractivity contribution in [1.29, 1.82) is 0 Å². The molecule has 0 aromatic carbocycles. The van der Waals surface area contributed by atoms with Crippen LogP contribution in [0.3, 0.4) is 0 Å². The number of aliphatic carboxylic acids is 1. The maximum absolute atomic E-state index is 10.4. The molecular weight excluding hydrogens is 186 g/mol. The van der Waals surface area contributed by atoms with Crippen molar-refractivity contribution in [3.05, 3.63) is 46.1 Å². The average Bonchev–Trinajstić information content (AvgIpc) is 2.28. The van der Waals surface area contributed by atoms with E-state index < -0.39 is 16.9 Å². The molecule has 0 radical (unpaired) electrons. The first kappa shape index (κ1) is 10.2. The molecule has 0 spiro atoms. The van der Waals surface area contributed by atoms with Gasteiger partial charge in [0.2, 0.25) is 6.04 Å². The van der Waals surface area contributed by atoms with Gasteiger partial charge in [-0.2, -0.15) is 0 Å². The summed E-state index contributed by atoms with van der Waals surface area (Å²) in [6.07, 6.45) is 7.20. The minimum absolute atomic E-state index is 0.120. The minimum Gasteiger partial charge on any atom is -0.481 e. The van der Waals surface area contributed by atoms with Crippen molar-refractivity contribution in [2.75, 3.05) is 0 Å². The standard InChI is InChI=1S/C9H9NO4/c11-9(12)6-7-2-1-3-8(5-4-7)10(13)14/h1-5,8H,6H2,(H,11,12). The molecule has 0 fully saturated rings. The Morgan fingerprint density at radius 2 is 2.29 bits per heavy atom. The summed E-state index contributed by atoms with van der Waals surface area (Å²) >= 11 is 0. The lowest BCUT2D eigenvalue weighted by Crippen LogP contribution is -2.12. The van der Waals surface area contributed by atoms with Gasteiger partial charge in [0, 0.05) is 4.92 Å². The first-order valence-electron chi connectivity index (χ1n) is 4.00. The van der Waals surface area contributed by atoms with Crippen molar-refractivity contribution >= 4 is 5.97 Å². The summed E-state index contributed by atoms with van der Waals surface area (Å²) < 4.78 is 0. The van der Waals surface area contributed by atoms with Crippen LogP contribution >= 0.6 is 0 Å². The summed E-state index contributed by atoms with van der Waals surface area (Å²) in [7, 11) is 0. The maximum atomic E-state index is 10.4. The molecule has 0 amide bonds. The Kier molecular flexibility index (Phi) is 3.17. The van der Waals surface area contributed by atoms with Gasteiger partial charge in [-0.05, 0) is 17.7 Å². The highest BCUT2D eigenvalue weighted by Crippen LogP contribution is 2.10. The number of carboxylic acid groups (broad SMARTS) is 1. The number of hydrogen-bond acceptors (Lipinski definition) is 3. The molecular formula is C9H9NO4. The Bertz CT molecular complexity index is 341. The number of carboxylic acids is 1. The second kappa shape index (κ2) is 4.36. The van der Waals surface area contributed by atoms with Crippen LogP contribution < -0.4 is 0 Å². The second-order valence-electron chi connectivity index (χ2n) is 2.83. The molecule has 0 aromatic rings. The van der Waals surface area contributed by atoms with E-state index in [9.17, 15) is 14.9 Å². The number of nitro groups is 1. The first-order valence-corrected chi connectivity index (χ1v) is 4.00. The Balaban J connectivity index is 2.73. The zero-order valence-electron chi connectivity index (χ0n) is 7.29. The predicted octanol–water partition coefficient (Wildman–Crippen LogP) is 1.16. The molecule has 5 nitrogen and oxygen atoms in total. The van der Waals surface area contributed by atoms with Gasteiger partial charge in [-0.25, -0.2) is 0 Å². The van der Waals surface area contributed by atoms with Gasteiger partial charge in [0.15, 0.2) is 0 Å². The maximum Gasteiger partial charge on any atom is 0.307 e. The van der Waals surface area contributed by atoms with Gasteiger partial charge < -0.3 is 5.11 Å². The SMILES string of the molecule is O=C(O)CC1=CC=CC([N+](=O)[O-])C=C1. The average molecular weight is 195 g/mol. The van der Waals surface area contributed by atoms with E-state index >= 15 is 0 Å². The summed E-state index contributed by atoms with van der Waals surface area (Å²) in [5, 5.41) is 18.9. The predicted molar refractivity (Wildman–Crippen MR) is 49.4 cm³/mol.